The molecule has 4 N–H and O–H groups in total. The summed E-state index contributed by atoms with van der Waals surface area (Å²) in [6, 6.07) is 29.0. The first kappa shape index (κ1) is 23.9. The van der Waals surface area contributed by atoms with E-state index in [2.05, 4.69) is 22.9 Å². The van der Waals surface area contributed by atoms with Crippen LogP contribution in [0, 0.1) is 5.41 Å². The van der Waals surface area contributed by atoms with Crippen molar-refractivity contribution in [1.29, 1.82) is 5.41 Å². The number of carbonyl (C=O) groups is 1. The summed E-state index contributed by atoms with van der Waals surface area (Å²) in [6.45, 7) is 0.631. The lowest BCUT2D eigenvalue weighted by atomic mass is 9.91. The fraction of sp³-hybridized carbons (Fsp3) is 0.0968. The first-order valence-electron chi connectivity index (χ1n) is 11.9. The summed E-state index contributed by atoms with van der Waals surface area (Å²) in [7, 11) is 1.56. The lowest BCUT2D eigenvalue weighted by Crippen LogP contribution is -2.11. The van der Waals surface area contributed by atoms with E-state index in [1.54, 1.807) is 13.2 Å². The van der Waals surface area contributed by atoms with Crippen LogP contribution >= 0.6 is 0 Å². The van der Waals surface area contributed by atoms with Crippen molar-refractivity contribution in [2.24, 2.45) is 5.73 Å². The number of aromatic nitrogens is 1. The van der Waals surface area contributed by atoms with Crippen molar-refractivity contribution in [3.63, 3.8) is 0 Å². The third kappa shape index (κ3) is 4.69. The highest BCUT2D eigenvalue weighted by atomic mass is 16.5. The second-order valence-corrected chi connectivity index (χ2v) is 8.93. The van der Waals surface area contributed by atoms with Gasteiger partial charge in [0.05, 0.1) is 12.7 Å². The van der Waals surface area contributed by atoms with E-state index in [1.165, 1.54) is 0 Å². The number of methoxy groups -OCH3 is 1. The van der Waals surface area contributed by atoms with E-state index in [9.17, 15) is 9.90 Å². The van der Waals surface area contributed by atoms with E-state index in [0.717, 1.165) is 27.6 Å². The smallest absolute Gasteiger partial charge is 0.336 e. The monoisotopic (exact) mass is 489 g/mol. The molecule has 5 aromatic rings. The van der Waals surface area contributed by atoms with Gasteiger partial charge >= 0.3 is 5.97 Å². The van der Waals surface area contributed by atoms with Gasteiger partial charge in [0.1, 0.15) is 11.6 Å². The van der Waals surface area contributed by atoms with Crippen molar-refractivity contribution in [3.05, 3.63) is 125 Å². The zero-order chi connectivity index (χ0) is 25.9. The first-order chi connectivity index (χ1) is 18.0. The van der Waals surface area contributed by atoms with Crippen LogP contribution in [0.1, 0.15) is 32.6 Å². The van der Waals surface area contributed by atoms with Gasteiger partial charge in [0.25, 0.3) is 0 Å². The summed E-state index contributed by atoms with van der Waals surface area (Å²) in [5.41, 5.74) is 11.8. The molecule has 0 atom stereocenters. The molecule has 4 aromatic carbocycles. The van der Waals surface area contributed by atoms with Gasteiger partial charge in [0.2, 0.25) is 0 Å². The summed E-state index contributed by atoms with van der Waals surface area (Å²) in [6.07, 6.45) is 2.42. The van der Waals surface area contributed by atoms with Gasteiger partial charge in [-0.25, -0.2) is 4.79 Å². The summed E-state index contributed by atoms with van der Waals surface area (Å²) in [4.78, 5) is 12.6. The number of benzene rings is 4. The van der Waals surface area contributed by atoms with Crippen molar-refractivity contribution in [2.45, 2.75) is 13.0 Å². The van der Waals surface area contributed by atoms with Crippen molar-refractivity contribution in [1.82, 2.24) is 4.57 Å². The Morgan fingerprint density at radius 3 is 2.32 bits per heavy atom. The highest BCUT2D eigenvalue weighted by molar-refractivity contribution is 6.00. The van der Waals surface area contributed by atoms with E-state index >= 15 is 0 Å². The zero-order valence-electron chi connectivity index (χ0n) is 20.4. The topological polar surface area (TPSA) is 101 Å². The number of nitrogens with zero attached hydrogens (tertiary/aromatic N) is 1. The lowest BCUT2D eigenvalue weighted by Gasteiger charge is -2.16. The van der Waals surface area contributed by atoms with E-state index in [1.807, 2.05) is 72.8 Å². The summed E-state index contributed by atoms with van der Waals surface area (Å²) < 4.78 is 7.77. The van der Waals surface area contributed by atoms with E-state index in [0.29, 0.717) is 35.4 Å². The summed E-state index contributed by atoms with van der Waals surface area (Å²) in [5.74, 6) is -0.470. The van der Waals surface area contributed by atoms with Crippen LogP contribution in [0.2, 0.25) is 0 Å². The molecule has 0 spiro atoms. The van der Waals surface area contributed by atoms with Gasteiger partial charge in [-0.2, -0.15) is 0 Å². The molecule has 0 saturated carbocycles. The number of nitrogens with one attached hydrogen (secondary N) is 1. The normalized spacial score (nSPS) is 10.9. The Hall–Kier alpha value is -4.84. The number of rotatable bonds is 8. The molecular formula is C31H27N3O3. The molecule has 6 heteroatoms. The first-order valence-corrected chi connectivity index (χ1v) is 11.9. The molecular weight excluding hydrogens is 462 g/mol. The Morgan fingerprint density at radius 2 is 1.68 bits per heavy atom. The number of aromatic carboxylic acids is 1. The molecule has 0 fully saturated rings. The minimum absolute atomic E-state index is 0.00121. The molecule has 0 saturated heterocycles. The standard InChI is InChI=1S/C31H27N3O3/c1-37-28-15-14-25(21-10-6-3-7-11-21)29(31(35)36)26(28)16-23-19-34(18-20-8-4-2-5-9-20)27-17-22(30(32)33)12-13-24(23)27/h2-15,17,19H,16,18H2,1H3,(H3,32,33)(H,35,36). The third-order valence-electron chi connectivity index (χ3n) is 6.63. The number of nitrogens with two attached hydrogens (primary N) is 1. The largest absolute Gasteiger partial charge is 0.496 e. The number of carboxylic acids is 1. The van der Waals surface area contributed by atoms with Gasteiger partial charge < -0.3 is 20.1 Å². The summed E-state index contributed by atoms with van der Waals surface area (Å²) >= 11 is 0. The Balaban J connectivity index is 1.68. The number of amidine groups is 1. The number of fused-ring (bicyclic) bond motifs is 1. The molecule has 0 unspecified atom stereocenters. The average molecular weight is 490 g/mol. The number of hydrogen-bond acceptors (Lipinski definition) is 3. The van der Waals surface area contributed by atoms with Crippen LogP contribution < -0.4 is 10.5 Å². The van der Waals surface area contributed by atoms with Gasteiger partial charge in [-0.15, -0.1) is 0 Å². The Morgan fingerprint density at radius 1 is 0.973 bits per heavy atom. The number of carboxylic acid groups (broad SMARTS) is 1. The predicted molar refractivity (Wildman–Crippen MR) is 147 cm³/mol. The van der Waals surface area contributed by atoms with E-state index < -0.39 is 5.97 Å². The van der Waals surface area contributed by atoms with Crippen molar-refractivity contribution in [2.75, 3.05) is 7.11 Å². The molecule has 0 radical (unpaired) electrons. The predicted octanol–water partition coefficient (Wildman–Crippen LogP) is 5.94. The average Bonchev–Trinajstić information content (AvgIpc) is 3.25. The van der Waals surface area contributed by atoms with Crippen LogP contribution in [0.15, 0.2) is 97.2 Å². The fourth-order valence-corrected chi connectivity index (χ4v) is 4.88. The van der Waals surface area contributed by atoms with Gasteiger partial charge in [-0.3, -0.25) is 5.41 Å². The maximum atomic E-state index is 12.6. The van der Waals surface area contributed by atoms with Crippen LogP contribution in [0.3, 0.4) is 0 Å². The minimum atomic E-state index is -1.00. The SMILES string of the molecule is COc1ccc(-c2ccccc2)c(C(=O)O)c1Cc1cn(Cc2ccccc2)c2cc(C(=N)N)ccc12. The second kappa shape index (κ2) is 10.0. The molecule has 184 valence electrons. The second-order valence-electron chi connectivity index (χ2n) is 8.93. The van der Waals surface area contributed by atoms with Gasteiger partial charge in [-0.1, -0.05) is 72.8 Å². The molecule has 6 nitrogen and oxygen atoms in total. The zero-order valence-corrected chi connectivity index (χ0v) is 20.4. The van der Waals surface area contributed by atoms with E-state index in [4.69, 9.17) is 15.9 Å². The van der Waals surface area contributed by atoms with Gasteiger partial charge in [0.15, 0.2) is 0 Å². The molecule has 0 amide bonds. The van der Waals surface area contributed by atoms with Crippen LogP contribution in [0.4, 0.5) is 0 Å². The Bertz CT molecular complexity index is 1610. The quantitative estimate of drug-likeness (QED) is 0.185. The lowest BCUT2D eigenvalue weighted by molar-refractivity contribution is 0.0696. The fourth-order valence-electron chi connectivity index (χ4n) is 4.88. The molecule has 37 heavy (non-hydrogen) atoms. The summed E-state index contributed by atoms with van der Waals surface area (Å²) in [5, 5.41) is 19.2. The third-order valence-corrected chi connectivity index (χ3v) is 6.63. The molecule has 1 aromatic heterocycles. The van der Waals surface area contributed by atoms with Crippen molar-refractivity contribution < 1.29 is 14.6 Å². The maximum Gasteiger partial charge on any atom is 0.336 e. The maximum absolute atomic E-state index is 12.6. The molecule has 0 aliphatic carbocycles. The Labute approximate surface area is 215 Å². The van der Waals surface area contributed by atoms with Crippen molar-refractivity contribution in [3.8, 4) is 16.9 Å². The molecule has 1 heterocycles. The van der Waals surface area contributed by atoms with Gasteiger partial charge in [-0.05, 0) is 40.5 Å². The van der Waals surface area contributed by atoms with Crippen LogP contribution in [0.5, 0.6) is 5.75 Å². The number of hydrogen-bond donors (Lipinski definition) is 3. The molecule has 5 rings (SSSR count). The van der Waals surface area contributed by atoms with E-state index in [-0.39, 0.29) is 11.4 Å². The number of nitrogen functional groups attached to an aromatic ring is 1. The van der Waals surface area contributed by atoms with Crippen LogP contribution in [-0.2, 0) is 13.0 Å². The van der Waals surface area contributed by atoms with Crippen LogP contribution in [-0.4, -0.2) is 28.6 Å². The number of ether oxygens (including phenoxy) is 1. The Kier molecular flexibility index (Phi) is 6.47. The molecule has 0 aliphatic rings. The van der Waals surface area contributed by atoms with Gasteiger partial charge in [0, 0.05) is 41.2 Å². The van der Waals surface area contributed by atoms with Crippen molar-refractivity contribution >= 4 is 22.7 Å². The highest BCUT2D eigenvalue weighted by Crippen LogP contribution is 2.36. The molecule has 0 bridgehead atoms. The minimum Gasteiger partial charge on any atom is -0.496 e. The highest BCUT2D eigenvalue weighted by Gasteiger charge is 2.23. The molecule has 0 aliphatic heterocycles. The van der Waals surface area contributed by atoms with Crippen LogP contribution in [0.25, 0.3) is 22.0 Å².